The Labute approximate surface area is 167 Å². The lowest BCUT2D eigenvalue weighted by molar-refractivity contribution is 0.298. The molecule has 0 amide bonds. The number of nitrogens with one attached hydrogen (secondary N) is 1. The molecule has 2 aliphatic rings. The molecule has 0 spiro atoms. The van der Waals surface area contributed by atoms with E-state index >= 15 is 0 Å². The van der Waals surface area contributed by atoms with E-state index in [4.69, 9.17) is 0 Å². The van der Waals surface area contributed by atoms with Crippen molar-refractivity contribution in [2.24, 2.45) is 0 Å². The second kappa shape index (κ2) is 7.84. The van der Waals surface area contributed by atoms with E-state index in [-0.39, 0.29) is 0 Å². The van der Waals surface area contributed by atoms with Gasteiger partial charge in [-0.25, -0.2) is 0 Å². The Morgan fingerprint density at radius 3 is 2.82 bits per heavy atom. The molecule has 3 heterocycles. The number of fused-ring (bicyclic) bond motifs is 2. The van der Waals surface area contributed by atoms with Crippen LogP contribution in [0.3, 0.4) is 0 Å². The molecule has 0 bridgehead atoms. The summed E-state index contributed by atoms with van der Waals surface area (Å²) in [6.45, 7) is 5.83. The highest BCUT2D eigenvalue weighted by molar-refractivity contribution is 5.84. The van der Waals surface area contributed by atoms with Crippen LogP contribution in [0.4, 0.5) is 5.69 Å². The van der Waals surface area contributed by atoms with Crippen molar-refractivity contribution in [3.05, 3.63) is 71.9 Å². The van der Waals surface area contributed by atoms with Gasteiger partial charge in [0.15, 0.2) is 0 Å². The van der Waals surface area contributed by atoms with Crippen molar-refractivity contribution < 1.29 is 0 Å². The lowest BCUT2D eigenvalue weighted by atomic mass is 9.98. The third-order valence-electron chi connectivity index (χ3n) is 6.33. The van der Waals surface area contributed by atoms with Crippen LogP contribution in [0.25, 0.3) is 16.5 Å². The molecular formula is C25H29N3. The van der Waals surface area contributed by atoms with Crippen LogP contribution in [0, 0.1) is 0 Å². The van der Waals surface area contributed by atoms with Gasteiger partial charge in [-0.05, 0) is 72.0 Å². The molecule has 144 valence electrons. The topological polar surface area (TPSA) is 22.3 Å². The van der Waals surface area contributed by atoms with Gasteiger partial charge in [0.2, 0.25) is 0 Å². The van der Waals surface area contributed by atoms with Crippen LogP contribution in [0.5, 0.6) is 0 Å². The first-order valence-electron chi connectivity index (χ1n) is 10.7. The first kappa shape index (κ1) is 17.6. The molecule has 2 aliphatic heterocycles. The van der Waals surface area contributed by atoms with Crippen LogP contribution >= 0.6 is 0 Å². The summed E-state index contributed by atoms with van der Waals surface area (Å²) < 4.78 is 0. The average molecular weight is 372 g/mol. The molecule has 0 unspecified atom stereocenters. The summed E-state index contributed by atoms with van der Waals surface area (Å²) >= 11 is 0. The molecule has 5 rings (SSSR count). The fourth-order valence-electron chi connectivity index (χ4n) is 4.76. The average Bonchev–Trinajstić information content (AvgIpc) is 3.22. The van der Waals surface area contributed by atoms with E-state index in [1.807, 2.05) is 6.20 Å². The van der Waals surface area contributed by atoms with Gasteiger partial charge < -0.3 is 9.88 Å². The summed E-state index contributed by atoms with van der Waals surface area (Å²) in [4.78, 5) is 8.48. The summed E-state index contributed by atoms with van der Waals surface area (Å²) in [7, 11) is 0. The van der Waals surface area contributed by atoms with Gasteiger partial charge in [0, 0.05) is 50.1 Å². The molecule has 0 fully saturated rings. The molecule has 0 saturated carbocycles. The van der Waals surface area contributed by atoms with Crippen molar-refractivity contribution in [1.29, 1.82) is 0 Å². The molecule has 3 heteroatoms. The summed E-state index contributed by atoms with van der Waals surface area (Å²) in [6, 6.07) is 17.9. The fourth-order valence-corrected chi connectivity index (χ4v) is 4.76. The number of aromatic amines is 1. The molecule has 2 aromatic carbocycles. The largest absolute Gasteiger partial charge is 0.371 e. The maximum atomic E-state index is 3.28. The highest BCUT2D eigenvalue weighted by Gasteiger charge is 2.17. The van der Waals surface area contributed by atoms with Crippen LogP contribution < -0.4 is 4.90 Å². The first-order valence-corrected chi connectivity index (χ1v) is 10.7. The third-order valence-corrected chi connectivity index (χ3v) is 6.33. The van der Waals surface area contributed by atoms with Crippen molar-refractivity contribution in [2.45, 2.75) is 25.7 Å². The van der Waals surface area contributed by atoms with Gasteiger partial charge in [-0.2, -0.15) is 0 Å². The zero-order valence-electron chi connectivity index (χ0n) is 16.5. The van der Waals surface area contributed by atoms with Crippen molar-refractivity contribution >= 4 is 22.2 Å². The molecule has 0 aliphatic carbocycles. The van der Waals surface area contributed by atoms with Gasteiger partial charge in [0.05, 0.1) is 0 Å². The predicted octanol–water partition coefficient (Wildman–Crippen LogP) is 5.10. The number of nitrogens with zero attached hydrogens (tertiary/aromatic N) is 2. The van der Waals surface area contributed by atoms with Crippen LogP contribution in [-0.2, 0) is 6.42 Å². The minimum absolute atomic E-state index is 1.08. The van der Waals surface area contributed by atoms with Crippen LogP contribution in [0.15, 0.2) is 60.8 Å². The van der Waals surface area contributed by atoms with Gasteiger partial charge in [-0.1, -0.05) is 30.3 Å². The number of H-pyrrole nitrogens is 1. The maximum absolute atomic E-state index is 3.28. The fraction of sp³-hybridized carbons (Fsp3) is 0.360. The van der Waals surface area contributed by atoms with Gasteiger partial charge in [-0.15, -0.1) is 0 Å². The minimum Gasteiger partial charge on any atom is -0.371 e. The van der Waals surface area contributed by atoms with E-state index in [9.17, 15) is 0 Å². The highest BCUT2D eigenvalue weighted by Crippen LogP contribution is 2.27. The molecule has 3 aromatic rings. The smallest absolute Gasteiger partial charge is 0.0454 e. The quantitative estimate of drug-likeness (QED) is 0.674. The number of aromatic nitrogens is 1. The normalized spacial score (nSPS) is 17.6. The summed E-state index contributed by atoms with van der Waals surface area (Å²) in [6.07, 6.45) is 9.38. The summed E-state index contributed by atoms with van der Waals surface area (Å²) in [5.74, 6) is 0. The van der Waals surface area contributed by atoms with E-state index in [1.165, 1.54) is 78.7 Å². The highest BCUT2D eigenvalue weighted by atomic mass is 15.2. The maximum Gasteiger partial charge on any atom is 0.0454 e. The third kappa shape index (κ3) is 3.59. The molecule has 0 radical (unpaired) electrons. The van der Waals surface area contributed by atoms with E-state index in [2.05, 4.69) is 69.4 Å². The second-order valence-corrected chi connectivity index (χ2v) is 8.13. The Hall–Kier alpha value is -2.52. The number of benzene rings is 2. The van der Waals surface area contributed by atoms with Gasteiger partial charge >= 0.3 is 0 Å². The monoisotopic (exact) mass is 371 g/mol. The number of anilines is 1. The zero-order valence-corrected chi connectivity index (χ0v) is 16.5. The van der Waals surface area contributed by atoms with Crippen molar-refractivity contribution in [3.8, 4) is 0 Å². The van der Waals surface area contributed by atoms with E-state index < -0.39 is 0 Å². The number of para-hydroxylation sites is 1. The van der Waals surface area contributed by atoms with Crippen LogP contribution in [0.1, 0.15) is 30.4 Å². The van der Waals surface area contributed by atoms with Crippen LogP contribution in [-0.4, -0.2) is 42.6 Å². The van der Waals surface area contributed by atoms with E-state index in [0.29, 0.717) is 0 Å². The SMILES string of the molecule is C1=C(c2ccc3[nH]ccc3c2)CCN(CCCN2CCCc3ccccc32)C1. The minimum atomic E-state index is 1.08. The molecule has 1 N–H and O–H groups in total. The molecule has 1 aromatic heterocycles. The lowest BCUT2D eigenvalue weighted by Gasteiger charge is -2.32. The van der Waals surface area contributed by atoms with Gasteiger partial charge in [-0.3, -0.25) is 4.90 Å². The number of hydrogen-bond acceptors (Lipinski definition) is 2. The Morgan fingerprint density at radius 2 is 1.89 bits per heavy atom. The summed E-state index contributed by atoms with van der Waals surface area (Å²) in [5.41, 5.74) is 7.11. The van der Waals surface area contributed by atoms with Crippen molar-refractivity contribution in [1.82, 2.24) is 9.88 Å². The Balaban J connectivity index is 1.16. The van der Waals surface area contributed by atoms with Crippen molar-refractivity contribution in [2.75, 3.05) is 37.6 Å². The number of hydrogen-bond donors (Lipinski definition) is 1. The summed E-state index contributed by atoms with van der Waals surface area (Å²) in [5, 5.41) is 1.31. The molecule has 28 heavy (non-hydrogen) atoms. The number of rotatable bonds is 5. The Bertz CT molecular complexity index is 984. The van der Waals surface area contributed by atoms with E-state index in [1.54, 1.807) is 0 Å². The van der Waals surface area contributed by atoms with Crippen LogP contribution in [0.2, 0.25) is 0 Å². The molecule has 0 saturated heterocycles. The Morgan fingerprint density at radius 1 is 0.929 bits per heavy atom. The second-order valence-electron chi connectivity index (χ2n) is 8.13. The van der Waals surface area contributed by atoms with E-state index in [0.717, 1.165) is 13.0 Å². The molecule has 3 nitrogen and oxygen atoms in total. The standard InChI is InChI=1S/C25H29N3/c1-2-7-25-21(5-1)6-3-15-28(25)16-4-14-27-17-11-20(12-18-27)22-8-9-24-23(19-22)10-13-26-24/h1-2,5,7-11,13,19,26H,3-4,6,12,14-18H2. The molecular weight excluding hydrogens is 342 g/mol. The van der Waals surface area contributed by atoms with Crippen molar-refractivity contribution in [3.63, 3.8) is 0 Å². The zero-order chi connectivity index (χ0) is 18.8. The number of aryl methyl sites for hydroxylation is 1. The van der Waals surface area contributed by atoms with Gasteiger partial charge in [0.1, 0.15) is 0 Å². The first-order chi connectivity index (χ1) is 13.9. The van der Waals surface area contributed by atoms with Gasteiger partial charge in [0.25, 0.3) is 0 Å². The Kier molecular flexibility index (Phi) is 4.92. The molecule has 0 atom stereocenters. The lowest BCUT2D eigenvalue weighted by Crippen LogP contribution is -2.34. The predicted molar refractivity (Wildman–Crippen MR) is 119 cm³/mol.